The van der Waals surface area contributed by atoms with Crippen molar-refractivity contribution in [3.63, 3.8) is 0 Å². The fraction of sp³-hybridized carbons (Fsp3) is 0.857. The van der Waals surface area contributed by atoms with Gasteiger partial charge in [0.05, 0.1) is 5.92 Å². The summed E-state index contributed by atoms with van der Waals surface area (Å²) in [7, 11) is 0. The standard InChI is InChI=1S/C14H24N2O3S/c17-13(18)11-6-1-2-7-12(11)16-14(19)15-9-10-5-3-4-8-20-10/h10-12H,1-9H2,(H,17,18)(H2,15,16,19). The van der Waals surface area contributed by atoms with Gasteiger partial charge in [-0.15, -0.1) is 0 Å². The molecule has 1 saturated carbocycles. The summed E-state index contributed by atoms with van der Waals surface area (Å²) in [6.07, 6.45) is 7.04. The molecule has 0 aromatic rings. The Balaban J connectivity index is 1.73. The first-order valence-electron chi connectivity index (χ1n) is 7.55. The fourth-order valence-electron chi connectivity index (χ4n) is 2.99. The van der Waals surface area contributed by atoms with Crippen molar-refractivity contribution in [3.8, 4) is 0 Å². The zero-order chi connectivity index (χ0) is 14.4. The SMILES string of the molecule is O=C(NCC1CCCCS1)NC1CCCCC1C(=O)O. The topological polar surface area (TPSA) is 78.4 Å². The van der Waals surface area contributed by atoms with Gasteiger partial charge in [0, 0.05) is 17.8 Å². The van der Waals surface area contributed by atoms with E-state index < -0.39 is 11.9 Å². The summed E-state index contributed by atoms with van der Waals surface area (Å²) < 4.78 is 0. The van der Waals surface area contributed by atoms with E-state index in [1.165, 1.54) is 18.6 Å². The summed E-state index contributed by atoms with van der Waals surface area (Å²) in [6, 6.07) is -0.436. The second kappa shape index (κ2) is 7.76. The summed E-state index contributed by atoms with van der Waals surface area (Å²) in [4.78, 5) is 23.1. The lowest BCUT2D eigenvalue weighted by molar-refractivity contribution is -0.143. The van der Waals surface area contributed by atoms with Crippen LogP contribution in [-0.2, 0) is 4.79 Å². The highest BCUT2D eigenvalue weighted by molar-refractivity contribution is 7.99. The van der Waals surface area contributed by atoms with Crippen molar-refractivity contribution in [1.82, 2.24) is 10.6 Å². The molecule has 0 spiro atoms. The number of carboxylic acids is 1. The molecule has 0 radical (unpaired) electrons. The molecule has 2 rings (SSSR count). The second-order valence-electron chi connectivity index (χ2n) is 5.68. The lowest BCUT2D eigenvalue weighted by atomic mass is 9.84. The van der Waals surface area contributed by atoms with E-state index in [0.29, 0.717) is 18.2 Å². The Morgan fingerprint density at radius 1 is 1.10 bits per heavy atom. The molecule has 0 bridgehead atoms. The first-order valence-corrected chi connectivity index (χ1v) is 8.60. The van der Waals surface area contributed by atoms with E-state index in [9.17, 15) is 14.7 Å². The number of carboxylic acid groups (broad SMARTS) is 1. The Hall–Kier alpha value is -0.910. The molecule has 0 aromatic heterocycles. The maximum Gasteiger partial charge on any atom is 0.315 e. The van der Waals surface area contributed by atoms with E-state index in [0.717, 1.165) is 25.7 Å². The molecule has 0 aromatic carbocycles. The van der Waals surface area contributed by atoms with Crippen LogP contribution in [0.15, 0.2) is 0 Å². The third-order valence-corrected chi connectivity index (χ3v) is 5.56. The van der Waals surface area contributed by atoms with Crippen molar-refractivity contribution in [3.05, 3.63) is 0 Å². The van der Waals surface area contributed by atoms with Crippen LogP contribution in [0, 0.1) is 5.92 Å². The number of hydrogen-bond donors (Lipinski definition) is 3. The van der Waals surface area contributed by atoms with Gasteiger partial charge in [-0.3, -0.25) is 4.79 Å². The fourth-order valence-corrected chi connectivity index (χ4v) is 4.23. The van der Waals surface area contributed by atoms with Crippen LogP contribution in [-0.4, -0.2) is 40.7 Å². The molecule has 1 heterocycles. The smallest absolute Gasteiger partial charge is 0.315 e. The predicted octanol–water partition coefficient (Wildman–Crippen LogP) is 2.21. The second-order valence-corrected chi connectivity index (χ2v) is 7.09. The predicted molar refractivity (Wildman–Crippen MR) is 80.0 cm³/mol. The van der Waals surface area contributed by atoms with Crippen LogP contribution in [0.3, 0.4) is 0 Å². The summed E-state index contributed by atoms with van der Waals surface area (Å²) in [5, 5.41) is 15.4. The maximum absolute atomic E-state index is 11.9. The Morgan fingerprint density at radius 2 is 1.85 bits per heavy atom. The minimum Gasteiger partial charge on any atom is -0.481 e. The Kier molecular flexibility index (Phi) is 6.01. The van der Waals surface area contributed by atoms with Gasteiger partial charge in [-0.25, -0.2) is 4.79 Å². The first kappa shape index (κ1) is 15.5. The monoisotopic (exact) mass is 300 g/mol. The van der Waals surface area contributed by atoms with Crippen molar-refractivity contribution in [2.24, 2.45) is 5.92 Å². The summed E-state index contributed by atoms with van der Waals surface area (Å²) in [6.45, 7) is 0.682. The van der Waals surface area contributed by atoms with Gasteiger partial charge in [0.2, 0.25) is 0 Å². The molecule has 6 heteroatoms. The molecule has 2 amide bonds. The van der Waals surface area contributed by atoms with E-state index in [-0.39, 0.29) is 12.1 Å². The quantitative estimate of drug-likeness (QED) is 0.744. The molecule has 114 valence electrons. The zero-order valence-electron chi connectivity index (χ0n) is 11.8. The highest BCUT2D eigenvalue weighted by Gasteiger charge is 2.31. The van der Waals surface area contributed by atoms with Crippen molar-refractivity contribution >= 4 is 23.8 Å². The zero-order valence-corrected chi connectivity index (χ0v) is 12.6. The summed E-state index contributed by atoms with van der Waals surface area (Å²) in [5.41, 5.74) is 0. The van der Waals surface area contributed by atoms with Crippen molar-refractivity contribution in [1.29, 1.82) is 0 Å². The summed E-state index contributed by atoms with van der Waals surface area (Å²) in [5.74, 6) is -0.0473. The molecule has 1 saturated heterocycles. The number of thioether (sulfide) groups is 1. The molecular weight excluding hydrogens is 276 g/mol. The molecule has 20 heavy (non-hydrogen) atoms. The number of urea groups is 1. The van der Waals surface area contributed by atoms with Gasteiger partial charge in [0.15, 0.2) is 0 Å². The van der Waals surface area contributed by atoms with Crippen LogP contribution in [0.2, 0.25) is 0 Å². The average Bonchev–Trinajstić information content (AvgIpc) is 2.46. The lowest BCUT2D eigenvalue weighted by Gasteiger charge is -2.29. The lowest BCUT2D eigenvalue weighted by Crippen LogP contribution is -2.49. The molecule has 3 N–H and O–H groups in total. The van der Waals surface area contributed by atoms with E-state index in [2.05, 4.69) is 10.6 Å². The van der Waals surface area contributed by atoms with Crippen LogP contribution in [0.5, 0.6) is 0 Å². The maximum atomic E-state index is 11.9. The van der Waals surface area contributed by atoms with Crippen LogP contribution in [0.25, 0.3) is 0 Å². The Bertz CT molecular complexity index is 345. The number of nitrogens with one attached hydrogen (secondary N) is 2. The number of carbonyl (C=O) groups is 2. The van der Waals surface area contributed by atoms with Crippen molar-refractivity contribution in [2.45, 2.75) is 56.2 Å². The number of amides is 2. The van der Waals surface area contributed by atoms with Gasteiger partial charge < -0.3 is 15.7 Å². The molecular formula is C14H24N2O3S. The minimum atomic E-state index is -0.794. The third-order valence-electron chi connectivity index (χ3n) is 4.16. The average molecular weight is 300 g/mol. The van der Waals surface area contributed by atoms with Crippen LogP contribution in [0.1, 0.15) is 44.9 Å². The van der Waals surface area contributed by atoms with Crippen molar-refractivity contribution < 1.29 is 14.7 Å². The van der Waals surface area contributed by atoms with Gasteiger partial charge in [-0.2, -0.15) is 11.8 Å². The highest BCUT2D eigenvalue weighted by atomic mass is 32.2. The highest BCUT2D eigenvalue weighted by Crippen LogP contribution is 2.25. The van der Waals surface area contributed by atoms with Gasteiger partial charge >= 0.3 is 12.0 Å². The van der Waals surface area contributed by atoms with Gasteiger partial charge in [0.25, 0.3) is 0 Å². The van der Waals surface area contributed by atoms with E-state index in [1.807, 2.05) is 11.8 Å². The van der Waals surface area contributed by atoms with E-state index in [1.54, 1.807) is 0 Å². The number of aliphatic carboxylic acids is 1. The normalized spacial score (nSPS) is 30.5. The van der Waals surface area contributed by atoms with Crippen LogP contribution < -0.4 is 10.6 Å². The molecule has 3 unspecified atom stereocenters. The Morgan fingerprint density at radius 3 is 2.55 bits per heavy atom. The summed E-state index contributed by atoms with van der Waals surface area (Å²) >= 11 is 1.92. The van der Waals surface area contributed by atoms with Gasteiger partial charge in [-0.05, 0) is 31.4 Å². The molecule has 1 aliphatic carbocycles. The Labute approximate surface area is 124 Å². The van der Waals surface area contributed by atoms with Crippen LogP contribution >= 0.6 is 11.8 Å². The number of hydrogen-bond acceptors (Lipinski definition) is 3. The van der Waals surface area contributed by atoms with E-state index in [4.69, 9.17) is 0 Å². The first-order chi connectivity index (χ1) is 9.66. The van der Waals surface area contributed by atoms with Crippen LogP contribution in [0.4, 0.5) is 4.79 Å². The third kappa shape index (κ3) is 4.58. The molecule has 5 nitrogen and oxygen atoms in total. The number of carbonyl (C=O) groups excluding carboxylic acids is 1. The van der Waals surface area contributed by atoms with Gasteiger partial charge in [0.1, 0.15) is 0 Å². The molecule has 3 atom stereocenters. The van der Waals surface area contributed by atoms with E-state index >= 15 is 0 Å². The number of rotatable bonds is 4. The molecule has 1 aliphatic heterocycles. The van der Waals surface area contributed by atoms with Crippen molar-refractivity contribution in [2.75, 3.05) is 12.3 Å². The molecule has 2 aliphatic rings. The van der Waals surface area contributed by atoms with Gasteiger partial charge in [-0.1, -0.05) is 19.3 Å². The molecule has 2 fully saturated rings. The largest absolute Gasteiger partial charge is 0.481 e. The minimum absolute atomic E-state index is 0.214.